The zero-order valence-electron chi connectivity index (χ0n) is 22.2. The first-order chi connectivity index (χ1) is 17.8. The Kier molecular flexibility index (Phi) is 7.03. The molecule has 3 aliphatic rings. The van der Waals surface area contributed by atoms with E-state index in [0.29, 0.717) is 24.6 Å². The molecule has 1 aliphatic carbocycles. The molecular formula is C29H39N7O. The maximum Gasteiger partial charge on any atom is 0.231 e. The summed E-state index contributed by atoms with van der Waals surface area (Å²) >= 11 is 0. The van der Waals surface area contributed by atoms with E-state index in [2.05, 4.69) is 41.0 Å². The van der Waals surface area contributed by atoms with Gasteiger partial charge in [-0.2, -0.15) is 0 Å². The molecule has 37 heavy (non-hydrogen) atoms. The van der Waals surface area contributed by atoms with Crippen LogP contribution in [0.25, 0.3) is 5.57 Å². The smallest absolute Gasteiger partial charge is 0.231 e. The second kappa shape index (κ2) is 10.2. The lowest BCUT2D eigenvalue weighted by Gasteiger charge is -2.39. The van der Waals surface area contributed by atoms with Gasteiger partial charge < -0.3 is 26.3 Å². The predicted octanol–water partition coefficient (Wildman–Crippen LogP) is 3.44. The lowest BCUT2D eigenvalue weighted by molar-refractivity contribution is -0.133. The van der Waals surface area contributed by atoms with E-state index < -0.39 is 0 Å². The summed E-state index contributed by atoms with van der Waals surface area (Å²) in [5, 5.41) is 11.3. The molecule has 0 radical (unpaired) electrons. The molecule has 8 nitrogen and oxygen atoms in total. The van der Waals surface area contributed by atoms with Crippen molar-refractivity contribution in [2.75, 3.05) is 31.1 Å². The van der Waals surface area contributed by atoms with Crippen LogP contribution in [0, 0.1) is 5.41 Å². The van der Waals surface area contributed by atoms with Gasteiger partial charge >= 0.3 is 0 Å². The van der Waals surface area contributed by atoms with Crippen LogP contribution in [0.1, 0.15) is 74.3 Å². The second-order valence-electron chi connectivity index (χ2n) is 11.3. The Labute approximate surface area is 219 Å². The minimum Gasteiger partial charge on any atom is -0.404 e. The van der Waals surface area contributed by atoms with Crippen LogP contribution in [-0.4, -0.2) is 64.7 Å². The number of benzene rings is 1. The number of amides is 1. The average molecular weight is 502 g/mol. The number of nitrogens with one attached hydrogen (secondary N) is 2. The molecule has 2 saturated heterocycles. The van der Waals surface area contributed by atoms with Crippen molar-refractivity contribution < 1.29 is 4.79 Å². The van der Waals surface area contributed by atoms with Gasteiger partial charge in [0.15, 0.2) is 0 Å². The fourth-order valence-electron chi connectivity index (χ4n) is 6.28. The summed E-state index contributed by atoms with van der Waals surface area (Å²) in [5.74, 6) is 1.47. The maximum atomic E-state index is 14.1. The molecule has 2 aliphatic heterocycles. The summed E-state index contributed by atoms with van der Waals surface area (Å²) in [5.41, 5.74) is 10.7. The second-order valence-corrected chi connectivity index (χ2v) is 11.3. The number of fused-ring (bicyclic) bond motifs is 1. The minimum atomic E-state index is -0.254. The molecule has 0 spiro atoms. The van der Waals surface area contributed by atoms with Crippen molar-refractivity contribution >= 4 is 23.5 Å². The van der Waals surface area contributed by atoms with Gasteiger partial charge in [-0.05, 0) is 56.6 Å². The van der Waals surface area contributed by atoms with E-state index in [-0.39, 0.29) is 23.4 Å². The van der Waals surface area contributed by atoms with E-state index in [1.807, 2.05) is 29.2 Å². The number of allylic oxidation sites excluding steroid dienone is 1. The lowest BCUT2D eigenvalue weighted by atomic mass is 9.88. The molecule has 3 atom stereocenters. The normalized spacial score (nSPS) is 24.1. The number of hydrogen-bond donors (Lipinski definition) is 3. The maximum absolute atomic E-state index is 14.1. The van der Waals surface area contributed by atoms with Crippen LogP contribution in [0.2, 0.25) is 0 Å². The topological polar surface area (TPSA) is 111 Å². The Hall–Kier alpha value is -3.26. The standard InChI is InChI=1S/C29H39N7O/c1-19-4-9-23-25(19)27(33-18-32-23)35-12-14-36(15-13-35)28(37)26(24-10-11-29(2,3)34-24)21-7-5-20(6-8-21)22(16-30)17-31/h5-8,16-19,24,26,30,34H,4,9-15,31H2,1-3H3/b22-17+,30-16?/t19-,24+,26+/m1/s1. The monoisotopic (exact) mass is 501 g/mol. The van der Waals surface area contributed by atoms with Crippen molar-refractivity contribution in [3.63, 3.8) is 0 Å². The van der Waals surface area contributed by atoms with Crippen LogP contribution in [0.5, 0.6) is 0 Å². The van der Waals surface area contributed by atoms with Gasteiger partial charge in [0.05, 0.1) is 5.92 Å². The number of anilines is 1. The largest absolute Gasteiger partial charge is 0.404 e. The van der Waals surface area contributed by atoms with Gasteiger partial charge in [0.1, 0.15) is 12.1 Å². The summed E-state index contributed by atoms with van der Waals surface area (Å²) < 4.78 is 0. The summed E-state index contributed by atoms with van der Waals surface area (Å²) in [7, 11) is 0. The van der Waals surface area contributed by atoms with Crippen LogP contribution < -0.4 is 16.0 Å². The highest BCUT2D eigenvalue weighted by Gasteiger charge is 2.41. The number of hydrogen-bond acceptors (Lipinski definition) is 7. The van der Waals surface area contributed by atoms with Gasteiger partial charge in [-0.25, -0.2) is 9.97 Å². The number of carbonyl (C=O) groups excluding carboxylic acids is 1. The number of aromatic nitrogens is 2. The van der Waals surface area contributed by atoms with Crippen LogP contribution in [-0.2, 0) is 11.2 Å². The Morgan fingerprint density at radius 2 is 1.89 bits per heavy atom. The quantitative estimate of drug-likeness (QED) is 0.523. The van der Waals surface area contributed by atoms with Gasteiger partial charge in [0, 0.05) is 67.0 Å². The summed E-state index contributed by atoms with van der Waals surface area (Å²) in [6.07, 6.45) is 8.56. The molecule has 4 N–H and O–H groups in total. The molecular weight excluding hydrogens is 462 g/mol. The zero-order chi connectivity index (χ0) is 26.2. The van der Waals surface area contributed by atoms with Crippen molar-refractivity contribution in [1.82, 2.24) is 20.2 Å². The predicted molar refractivity (Wildman–Crippen MR) is 148 cm³/mol. The molecule has 0 bridgehead atoms. The van der Waals surface area contributed by atoms with Crippen LogP contribution >= 0.6 is 0 Å². The molecule has 8 heteroatoms. The number of piperazine rings is 1. The molecule has 5 rings (SSSR count). The molecule has 0 saturated carbocycles. The molecule has 2 fully saturated rings. The van der Waals surface area contributed by atoms with Crippen LogP contribution in [0.4, 0.5) is 5.82 Å². The van der Waals surface area contributed by atoms with E-state index in [4.69, 9.17) is 11.1 Å². The number of aryl methyl sites for hydroxylation is 1. The fraction of sp³-hybridized carbons (Fsp3) is 0.517. The molecule has 196 valence electrons. The third kappa shape index (κ3) is 4.99. The number of nitrogens with two attached hydrogens (primary N) is 1. The highest BCUT2D eigenvalue weighted by Crippen LogP contribution is 2.38. The van der Waals surface area contributed by atoms with E-state index in [1.165, 1.54) is 23.7 Å². The van der Waals surface area contributed by atoms with Gasteiger partial charge in [0.25, 0.3) is 0 Å². The molecule has 1 aromatic carbocycles. The van der Waals surface area contributed by atoms with E-state index >= 15 is 0 Å². The molecule has 1 amide bonds. The van der Waals surface area contributed by atoms with E-state index in [1.54, 1.807) is 6.33 Å². The van der Waals surface area contributed by atoms with Gasteiger partial charge in [0.2, 0.25) is 5.91 Å². The number of rotatable bonds is 6. The van der Waals surface area contributed by atoms with Crippen LogP contribution in [0.15, 0.2) is 36.8 Å². The summed E-state index contributed by atoms with van der Waals surface area (Å²) in [4.78, 5) is 27.6. The third-order valence-electron chi connectivity index (χ3n) is 8.41. The SMILES string of the molecule is C[C@@H]1CCc2ncnc(N3CCN(C(=O)[C@@H](c4ccc(/C(C=N)=C/N)cc4)[C@@H]4CCC(C)(C)N4)CC3)c21. The Morgan fingerprint density at radius 3 is 2.51 bits per heavy atom. The van der Waals surface area contributed by atoms with E-state index in [0.717, 1.165) is 55.7 Å². The Balaban J connectivity index is 1.35. The summed E-state index contributed by atoms with van der Waals surface area (Å²) in [6.45, 7) is 9.61. The molecule has 0 unspecified atom stereocenters. The third-order valence-corrected chi connectivity index (χ3v) is 8.41. The number of nitrogens with zero attached hydrogens (tertiary/aromatic N) is 4. The Bertz CT molecular complexity index is 1180. The molecule has 3 heterocycles. The zero-order valence-corrected chi connectivity index (χ0v) is 22.2. The highest BCUT2D eigenvalue weighted by molar-refractivity contribution is 6.08. The van der Waals surface area contributed by atoms with Gasteiger partial charge in [-0.3, -0.25) is 4.79 Å². The van der Waals surface area contributed by atoms with Crippen molar-refractivity contribution in [3.8, 4) is 0 Å². The average Bonchev–Trinajstić information content (AvgIpc) is 3.47. The molecule has 2 aromatic rings. The Morgan fingerprint density at radius 1 is 1.16 bits per heavy atom. The van der Waals surface area contributed by atoms with Crippen molar-refractivity contribution in [1.29, 1.82) is 5.41 Å². The fourth-order valence-corrected chi connectivity index (χ4v) is 6.28. The van der Waals surface area contributed by atoms with Crippen LogP contribution in [0.3, 0.4) is 0 Å². The molecule has 1 aromatic heterocycles. The first-order valence-electron chi connectivity index (χ1n) is 13.5. The minimum absolute atomic E-state index is 0.0154. The lowest BCUT2D eigenvalue weighted by Crippen LogP contribution is -2.53. The first kappa shape index (κ1) is 25.4. The van der Waals surface area contributed by atoms with Crippen molar-refractivity contribution in [3.05, 3.63) is 59.2 Å². The first-order valence-corrected chi connectivity index (χ1v) is 13.5. The van der Waals surface area contributed by atoms with Crippen molar-refractivity contribution in [2.24, 2.45) is 5.73 Å². The summed E-state index contributed by atoms with van der Waals surface area (Å²) in [6, 6.07) is 8.08. The van der Waals surface area contributed by atoms with Crippen molar-refractivity contribution in [2.45, 2.75) is 69.9 Å². The van der Waals surface area contributed by atoms with Gasteiger partial charge in [-0.1, -0.05) is 31.2 Å². The van der Waals surface area contributed by atoms with E-state index in [9.17, 15) is 4.79 Å². The highest BCUT2D eigenvalue weighted by atomic mass is 16.2. The van der Waals surface area contributed by atoms with Gasteiger partial charge in [-0.15, -0.1) is 0 Å². The number of carbonyl (C=O) groups is 1.